The first-order chi connectivity index (χ1) is 8.03. The summed E-state index contributed by atoms with van der Waals surface area (Å²) in [6, 6.07) is 0. The average Bonchev–Trinajstić information content (AvgIpc) is 2.87. The summed E-state index contributed by atoms with van der Waals surface area (Å²) in [4.78, 5) is 34.1. The van der Waals surface area contributed by atoms with E-state index >= 15 is 0 Å². The quantitative estimate of drug-likeness (QED) is 0.616. The molecule has 0 spiro atoms. The maximum Gasteiger partial charge on any atom is 0.330 e. The SMILES string of the molecule is O=C1CC(C(=O)NC2(C(=O)O)CCSC2)CN1. The number of rotatable bonds is 3. The Morgan fingerprint density at radius 1 is 1.53 bits per heavy atom. The second-order valence-corrected chi connectivity index (χ2v) is 5.49. The third-order valence-electron chi connectivity index (χ3n) is 3.14. The lowest BCUT2D eigenvalue weighted by atomic mass is 9.97. The topological polar surface area (TPSA) is 95.5 Å². The third kappa shape index (κ3) is 2.38. The van der Waals surface area contributed by atoms with Crippen LogP contribution < -0.4 is 10.6 Å². The minimum Gasteiger partial charge on any atom is -0.479 e. The number of amides is 2. The van der Waals surface area contributed by atoms with Crippen molar-refractivity contribution in [2.75, 3.05) is 18.1 Å². The van der Waals surface area contributed by atoms with E-state index in [1.165, 1.54) is 11.8 Å². The number of carbonyl (C=O) groups is 3. The number of hydrogen-bond acceptors (Lipinski definition) is 4. The van der Waals surface area contributed by atoms with E-state index < -0.39 is 17.4 Å². The molecule has 3 N–H and O–H groups in total. The molecule has 6 nitrogen and oxygen atoms in total. The fourth-order valence-corrected chi connectivity index (χ4v) is 3.34. The Morgan fingerprint density at radius 2 is 2.29 bits per heavy atom. The van der Waals surface area contributed by atoms with Crippen LogP contribution in [0.4, 0.5) is 0 Å². The van der Waals surface area contributed by atoms with Crippen molar-refractivity contribution < 1.29 is 19.5 Å². The highest BCUT2D eigenvalue weighted by Gasteiger charge is 2.44. The molecule has 0 aliphatic carbocycles. The second-order valence-electron chi connectivity index (χ2n) is 4.38. The Labute approximate surface area is 103 Å². The van der Waals surface area contributed by atoms with E-state index in [1.54, 1.807) is 0 Å². The van der Waals surface area contributed by atoms with Crippen molar-refractivity contribution in [3.63, 3.8) is 0 Å². The van der Waals surface area contributed by atoms with Gasteiger partial charge in [0.2, 0.25) is 11.8 Å². The predicted octanol–water partition coefficient (Wildman–Crippen LogP) is -0.801. The molecule has 0 aromatic heterocycles. The van der Waals surface area contributed by atoms with Crippen LogP contribution in [0.1, 0.15) is 12.8 Å². The van der Waals surface area contributed by atoms with Crippen LogP contribution in [0.3, 0.4) is 0 Å². The summed E-state index contributed by atoms with van der Waals surface area (Å²) in [5, 5.41) is 14.4. The molecule has 0 bridgehead atoms. The Bertz CT molecular complexity index is 365. The van der Waals surface area contributed by atoms with Gasteiger partial charge in [-0.05, 0) is 12.2 Å². The van der Waals surface area contributed by atoms with Crippen LogP contribution in [0.15, 0.2) is 0 Å². The number of thioether (sulfide) groups is 1. The summed E-state index contributed by atoms with van der Waals surface area (Å²) < 4.78 is 0. The smallest absolute Gasteiger partial charge is 0.330 e. The van der Waals surface area contributed by atoms with Crippen LogP contribution in [-0.4, -0.2) is 46.5 Å². The van der Waals surface area contributed by atoms with Gasteiger partial charge in [0, 0.05) is 18.7 Å². The summed E-state index contributed by atoms with van der Waals surface area (Å²) in [6.07, 6.45) is 0.585. The van der Waals surface area contributed by atoms with Crippen molar-refractivity contribution in [1.82, 2.24) is 10.6 Å². The highest BCUT2D eigenvalue weighted by molar-refractivity contribution is 7.99. The minimum absolute atomic E-state index is 0.147. The number of aliphatic carboxylic acids is 1. The minimum atomic E-state index is -1.15. The van der Waals surface area contributed by atoms with Crippen LogP contribution in [0.5, 0.6) is 0 Å². The fraction of sp³-hybridized carbons (Fsp3) is 0.700. The monoisotopic (exact) mass is 258 g/mol. The van der Waals surface area contributed by atoms with E-state index in [0.29, 0.717) is 18.7 Å². The largest absolute Gasteiger partial charge is 0.479 e. The molecule has 2 rings (SSSR count). The van der Waals surface area contributed by atoms with Gasteiger partial charge in [-0.3, -0.25) is 9.59 Å². The molecule has 2 heterocycles. The predicted molar refractivity (Wildman–Crippen MR) is 61.6 cm³/mol. The van der Waals surface area contributed by atoms with Gasteiger partial charge < -0.3 is 15.7 Å². The third-order valence-corrected chi connectivity index (χ3v) is 4.33. The van der Waals surface area contributed by atoms with Gasteiger partial charge in [-0.25, -0.2) is 4.79 Å². The van der Waals surface area contributed by atoms with Gasteiger partial charge in [0.1, 0.15) is 5.54 Å². The Kier molecular flexibility index (Phi) is 3.28. The van der Waals surface area contributed by atoms with Gasteiger partial charge in [0.15, 0.2) is 0 Å². The molecule has 2 unspecified atom stereocenters. The summed E-state index contributed by atoms with van der Waals surface area (Å²) >= 11 is 1.52. The maximum atomic E-state index is 11.9. The molecule has 0 saturated carbocycles. The van der Waals surface area contributed by atoms with E-state index in [4.69, 9.17) is 0 Å². The van der Waals surface area contributed by atoms with Crippen LogP contribution in [-0.2, 0) is 14.4 Å². The molecule has 2 atom stereocenters. The molecule has 94 valence electrons. The van der Waals surface area contributed by atoms with E-state index in [0.717, 1.165) is 5.75 Å². The van der Waals surface area contributed by atoms with Crippen molar-refractivity contribution in [1.29, 1.82) is 0 Å². The van der Waals surface area contributed by atoms with Gasteiger partial charge >= 0.3 is 5.97 Å². The average molecular weight is 258 g/mol. The number of carbonyl (C=O) groups excluding carboxylic acids is 2. The number of hydrogen-bond donors (Lipinski definition) is 3. The van der Waals surface area contributed by atoms with Crippen molar-refractivity contribution >= 4 is 29.5 Å². The molecule has 2 aliphatic heterocycles. The first-order valence-electron chi connectivity index (χ1n) is 5.43. The first-order valence-corrected chi connectivity index (χ1v) is 6.59. The second kappa shape index (κ2) is 4.56. The van der Waals surface area contributed by atoms with Crippen LogP contribution in [0.25, 0.3) is 0 Å². The van der Waals surface area contributed by atoms with Crippen molar-refractivity contribution in [3.05, 3.63) is 0 Å². The molecule has 0 radical (unpaired) electrons. The van der Waals surface area contributed by atoms with Gasteiger partial charge in [-0.15, -0.1) is 0 Å². The zero-order valence-electron chi connectivity index (χ0n) is 9.19. The van der Waals surface area contributed by atoms with Crippen LogP contribution >= 0.6 is 11.8 Å². The van der Waals surface area contributed by atoms with Crippen molar-refractivity contribution in [2.24, 2.45) is 5.92 Å². The van der Waals surface area contributed by atoms with E-state index in [1.807, 2.05) is 0 Å². The lowest BCUT2D eigenvalue weighted by Gasteiger charge is -2.25. The van der Waals surface area contributed by atoms with Gasteiger partial charge in [0.25, 0.3) is 0 Å². The molecule has 2 amide bonds. The normalized spacial score (nSPS) is 32.2. The highest BCUT2D eigenvalue weighted by atomic mass is 32.2. The molecule has 0 aromatic carbocycles. The van der Waals surface area contributed by atoms with Crippen molar-refractivity contribution in [3.8, 4) is 0 Å². The molecular weight excluding hydrogens is 244 g/mol. The zero-order chi connectivity index (χ0) is 12.5. The highest BCUT2D eigenvalue weighted by Crippen LogP contribution is 2.29. The number of carboxylic acid groups (broad SMARTS) is 1. The van der Waals surface area contributed by atoms with Gasteiger partial charge in [0.05, 0.1) is 5.92 Å². The Morgan fingerprint density at radius 3 is 2.76 bits per heavy atom. The summed E-state index contributed by atoms with van der Waals surface area (Å²) in [7, 11) is 0. The molecule has 2 fully saturated rings. The van der Waals surface area contributed by atoms with Crippen molar-refractivity contribution in [2.45, 2.75) is 18.4 Å². The Balaban J connectivity index is 2.01. The number of carboxylic acids is 1. The molecular formula is C10H14N2O4S. The van der Waals surface area contributed by atoms with E-state index in [-0.39, 0.29) is 18.2 Å². The lowest BCUT2D eigenvalue weighted by molar-refractivity contribution is -0.147. The van der Waals surface area contributed by atoms with E-state index in [2.05, 4.69) is 10.6 Å². The van der Waals surface area contributed by atoms with Crippen LogP contribution in [0, 0.1) is 5.92 Å². The molecule has 2 aliphatic rings. The first kappa shape index (κ1) is 12.2. The summed E-state index contributed by atoms with van der Waals surface area (Å²) in [5.41, 5.74) is -1.15. The van der Waals surface area contributed by atoms with Crippen LogP contribution in [0.2, 0.25) is 0 Å². The Hall–Kier alpha value is -1.24. The molecule has 17 heavy (non-hydrogen) atoms. The fourth-order valence-electron chi connectivity index (χ4n) is 2.01. The van der Waals surface area contributed by atoms with Gasteiger partial charge in [-0.2, -0.15) is 11.8 Å². The standard InChI is InChI=1S/C10H14N2O4S/c13-7-3-6(4-11-7)8(14)12-10(9(15)16)1-2-17-5-10/h6H,1-5H2,(H,11,13)(H,12,14)(H,15,16). The zero-order valence-corrected chi connectivity index (χ0v) is 10.0. The summed E-state index contributed by atoms with van der Waals surface area (Å²) in [6.45, 7) is 0.299. The molecule has 7 heteroatoms. The lowest BCUT2D eigenvalue weighted by Crippen LogP contribution is -2.56. The molecule has 2 saturated heterocycles. The maximum absolute atomic E-state index is 11.9. The summed E-state index contributed by atoms with van der Waals surface area (Å²) in [5.74, 6) is -0.808. The molecule has 0 aromatic rings. The van der Waals surface area contributed by atoms with Gasteiger partial charge in [-0.1, -0.05) is 0 Å². The number of nitrogens with one attached hydrogen (secondary N) is 2. The van der Waals surface area contributed by atoms with E-state index in [9.17, 15) is 19.5 Å².